The summed E-state index contributed by atoms with van der Waals surface area (Å²) in [7, 11) is 0. The van der Waals surface area contributed by atoms with Crippen molar-refractivity contribution >= 4 is 11.8 Å². The molecular weight excluding hydrogens is 298 g/mol. The van der Waals surface area contributed by atoms with Crippen molar-refractivity contribution in [2.24, 2.45) is 5.73 Å². The molecule has 0 aliphatic heterocycles. The van der Waals surface area contributed by atoms with Crippen molar-refractivity contribution in [1.82, 2.24) is 0 Å². The van der Waals surface area contributed by atoms with Crippen LogP contribution in [0, 0.1) is 0 Å². The third-order valence-electron chi connectivity index (χ3n) is 2.81. The Balaban J connectivity index is 2.53. The average molecular weight is 323 g/mol. The molecule has 1 rings (SSSR count). The minimum Gasteiger partial charge on any atom is -0.483 e. The first-order valence-corrected chi connectivity index (χ1v) is 7.59. The lowest BCUT2D eigenvalue weighted by Gasteiger charge is -2.19. The van der Waals surface area contributed by atoms with E-state index >= 15 is 0 Å². The molecule has 0 aromatic heterocycles. The zero-order valence-corrected chi connectivity index (χ0v) is 14.1. The van der Waals surface area contributed by atoms with Crippen molar-refractivity contribution in [2.75, 3.05) is 13.2 Å². The number of benzene rings is 1. The Morgan fingerprint density at radius 2 is 1.70 bits per heavy atom. The monoisotopic (exact) mass is 323 g/mol. The number of Topliss-reactive ketones (excluding diaryl/α,β-unsaturated/α-hetero) is 1. The number of ketones is 1. The van der Waals surface area contributed by atoms with Crippen LogP contribution in [-0.4, -0.2) is 36.6 Å². The summed E-state index contributed by atoms with van der Waals surface area (Å²) < 4.78 is 16.1. The van der Waals surface area contributed by atoms with Gasteiger partial charge in [-0.25, -0.2) is 4.79 Å². The van der Waals surface area contributed by atoms with Gasteiger partial charge in [-0.05, 0) is 51.5 Å². The van der Waals surface area contributed by atoms with Gasteiger partial charge in [0, 0.05) is 0 Å². The molecule has 2 N–H and O–H groups in total. The van der Waals surface area contributed by atoms with E-state index in [4.69, 9.17) is 19.9 Å². The number of carbonyl (C=O) groups excluding carboxylic acids is 2. The number of carbonyl (C=O) groups is 2. The minimum atomic E-state index is -0.548. The molecule has 128 valence electrons. The predicted molar refractivity (Wildman–Crippen MR) is 86.6 cm³/mol. The summed E-state index contributed by atoms with van der Waals surface area (Å²) in [5.74, 6) is 0.486. The minimum absolute atomic E-state index is 0.0460. The van der Waals surface area contributed by atoms with Gasteiger partial charge < -0.3 is 19.9 Å². The van der Waals surface area contributed by atoms with E-state index in [0.717, 1.165) is 0 Å². The molecule has 1 atom stereocenters. The number of hydrogen-bond acceptors (Lipinski definition) is 6. The Labute approximate surface area is 136 Å². The summed E-state index contributed by atoms with van der Waals surface area (Å²) in [5, 5.41) is 0. The summed E-state index contributed by atoms with van der Waals surface area (Å²) in [5.41, 5.74) is 4.81. The Kier molecular flexibility index (Phi) is 7.03. The highest BCUT2D eigenvalue weighted by Gasteiger charge is 2.17. The van der Waals surface area contributed by atoms with Crippen LogP contribution < -0.4 is 15.2 Å². The SMILES string of the molecule is CCC(Oc1ccc(OCC(=O)OC(C)(C)C)cc1)C(=O)CN. The molecule has 1 unspecified atom stereocenters. The maximum absolute atomic E-state index is 11.6. The van der Waals surface area contributed by atoms with Crippen LogP contribution in [0.5, 0.6) is 11.5 Å². The van der Waals surface area contributed by atoms with Crippen LogP contribution in [0.25, 0.3) is 0 Å². The molecule has 6 heteroatoms. The fourth-order valence-electron chi connectivity index (χ4n) is 1.80. The van der Waals surface area contributed by atoms with Gasteiger partial charge in [0.2, 0.25) is 0 Å². The first kappa shape index (κ1) is 19.0. The maximum atomic E-state index is 11.6. The van der Waals surface area contributed by atoms with Crippen LogP contribution in [-0.2, 0) is 14.3 Å². The van der Waals surface area contributed by atoms with Crippen molar-refractivity contribution in [3.63, 3.8) is 0 Å². The predicted octanol–water partition coefficient (Wildman–Crippen LogP) is 2.09. The highest BCUT2D eigenvalue weighted by atomic mass is 16.6. The fraction of sp³-hybridized carbons (Fsp3) is 0.529. The first-order chi connectivity index (χ1) is 10.7. The van der Waals surface area contributed by atoms with Crippen molar-refractivity contribution in [1.29, 1.82) is 0 Å². The van der Waals surface area contributed by atoms with E-state index in [9.17, 15) is 9.59 Å². The Morgan fingerprint density at radius 1 is 1.13 bits per heavy atom. The molecule has 0 saturated carbocycles. The van der Waals surface area contributed by atoms with Crippen LogP contribution in [0.1, 0.15) is 34.1 Å². The normalized spacial score (nSPS) is 12.4. The number of rotatable bonds is 8. The molecule has 6 nitrogen and oxygen atoms in total. The largest absolute Gasteiger partial charge is 0.483 e. The average Bonchev–Trinajstić information content (AvgIpc) is 2.49. The Hall–Kier alpha value is -2.08. The van der Waals surface area contributed by atoms with Crippen molar-refractivity contribution in [2.45, 2.75) is 45.8 Å². The molecular formula is C17H25NO5. The van der Waals surface area contributed by atoms with Crippen LogP contribution in [0.3, 0.4) is 0 Å². The molecule has 0 radical (unpaired) electrons. The maximum Gasteiger partial charge on any atom is 0.344 e. The van der Waals surface area contributed by atoms with Gasteiger partial charge in [-0.2, -0.15) is 0 Å². The molecule has 0 bridgehead atoms. The molecule has 0 aliphatic rings. The van der Waals surface area contributed by atoms with E-state index in [0.29, 0.717) is 17.9 Å². The van der Waals surface area contributed by atoms with Crippen LogP contribution >= 0.6 is 0 Å². The molecule has 0 spiro atoms. The van der Waals surface area contributed by atoms with Gasteiger partial charge in [0.25, 0.3) is 0 Å². The topological polar surface area (TPSA) is 87.9 Å². The summed E-state index contributed by atoms with van der Waals surface area (Å²) in [6.07, 6.45) is 0.000885. The number of esters is 1. The molecule has 0 saturated heterocycles. The van der Waals surface area contributed by atoms with Crippen LogP contribution in [0.4, 0.5) is 0 Å². The molecule has 0 fully saturated rings. The van der Waals surface area contributed by atoms with Gasteiger partial charge >= 0.3 is 5.97 Å². The zero-order valence-electron chi connectivity index (χ0n) is 14.1. The Morgan fingerprint density at radius 3 is 2.17 bits per heavy atom. The standard InChI is InChI=1S/C17H25NO5/c1-5-15(14(19)10-18)22-13-8-6-12(7-9-13)21-11-16(20)23-17(2,3)4/h6-9,15H,5,10-11,18H2,1-4H3. The lowest BCUT2D eigenvalue weighted by atomic mass is 10.2. The molecule has 23 heavy (non-hydrogen) atoms. The van der Waals surface area contributed by atoms with E-state index in [-0.39, 0.29) is 18.9 Å². The van der Waals surface area contributed by atoms with Gasteiger partial charge in [0.05, 0.1) is 6.54 Å². The van der Waals surface area contributed by atoms with Gasteiger partial charge in [0.15, 0.2) is 18.5 Å². The second kappa shape index (κ2) is 8.53. The van der Waals surface area contributed by atoms with E-state index in [2.05, 4.69) is 0 Å². The lowest BCUT2D eigenvalue weighted by Crippen LogP contribution is -2.32. The summed E-state index contributed by atoms with van der Waals surface area (Å²) >= 11 is 0. The first-order valence-electron chi connectivity index (χ1n) is 7.59. The van der Waals surface area contributed by atoms with E-state index in [1.807, 2.05) is 6.92 Å². The number of nitrogens with two attached hydrogens (primary N) is 1. The highest BCUT2D eigenvalue weighted by molar-refractivity contribution is 5.85. The third-order valence-corrected chi connectivity index (χ3v) is 2.81. The van der Waals surface area contributed by atoms with Gasteiger partial charge in [-0.3, -0.25) is 4.79 Å². The van der Waals surface area contributed by atoms with Crippen LogP contribution in [0.15, 0.2) is 24.3 Å². The molecule has 1 aromatic carbocycles. The zero-order chi connectivity index (χ0) is 17.5. The van der Waals surface area contributed by atoms with Crippen molar-refractivity contribution in [3.8, 4) is 11.5 Å². The fourth-order valence-corrected chi connectivity index (χ4v) is 1.80. The van der Waals surface area contributed by atoms with E-state index in [1.54, 1.807) is 45.0 Å². The Bertz CT molecular complexity index is 519. The van der Waals surface area contributed by atoms with Crippen molar-refractivity contribution in [3.05, 3.63) is 24.3 Å². The van der Waals surface area contributed by atoms with Gasteiger partial charge in [-0.1, -0.05) is 6.92 Å². The quantitative estimate of drug-likeness (QED) is 0.737. The summed E-state index contributed by atoms with van der Waals surface area (Å²) in [6.45, 7) is 7.03. The van der Waals surface area contributed by atoms with Gasteiger partial charge in [0.1, 0.15) is 17.1 Å². The summed E-state index contributed by atoms with van der Waals surface area (Å²) in [6, 6.07) is 6.69. The summed E-state index contributed by atoms with van der Waals surface area (Å²) in [4.78, 5) is 23.1. The van der Waals surface area contributed by atoms with Crippen molar-refractivity contribution < 1.29 is 23.8 Å². The molecule has 0 amide bonds. The van der Waals surface area contributed by atoms with E-state index in [1.165, 1.54) is 0 Å². The number of ether oxygens (including phenoxy) is 3. The van der Waals surface area contributed by atoms with Crippen LogP contribution in [0.2, 0.25) is 0 Å². The third kappa shape index (κ3) is 7.15. The molecule has 0 aliphatic carbocycles. The highest BCUT2D eigenvalue weighted by Crippen LogP contribution is 2.19. The molecule has 0 heterocycles. The molecule has 1 aromatic rings. The van der Waals surface area contributed by atoms with E-state index < -0.39 is 17.7 Å². The second-order valence-corrected chi connectivity index (χ2v) is 6.03. The second-order valence-electron chi connectivity index (χ2n) is 6.03. The smallest absolute Gasteiger partial charge is 0.344 e. The lowest BCUT2D eigenvalue weighted by molar-refractivity contribution is -0.157. The van der Waals surface area contributed by atoms with Gasteiger partial charge in [-0.15, -0.1) is 0 Å². The number of hydrogen-bond donors (Lipinski definition) is 1.